The number of hydrogen-bond acceptors (Lipinski definition) is 4. The summed E-state index contributed by atoms with van der Waals surface area (Å²) in [5.74, 6) is -1.66. The average Bonchev–Trinajstić information content (AvgIpc) is 2.28. The van der Waals surface area contributed by atoms with Crippen LogP contribution >= 0.6 is 0 Å². The van der Waals surface area contributed by atoms with Crippen molar-refractivity contribution in [2.75, 3.05) is 14.2 Å². The second-order valence-corrected chi connectivity index (χ2v) is 4.70. The summed E-state index contributed by atoms with van der Waals surface area (Å²) in [6.45, 7) is 0. The van der Waals surface area contributed by atoms with Gasteiger partial charge in [0.25, 0.3) is 0 Å². The number of nitrogens with one attached hydrogen (secondary N) is 1. The first-order chi connectivity index (χ1) is 7.42. The van der Waals surface area contributed by atoms with E-state index in [1.807, 2.05) is 4.72 Å². The zero-order chi connectivity index (χ0) is 12.3. The zero-order valence-electron chi connectivity index (χ0n) is 8.65. The number of benzene rings is 1. The summed E-state index contributed by atoms with van der Waals surface area (Å²) in [7, 11) is -1.62. The lowest BCUT2D eigenvalue weighted by molar-refractivity contribution is 0.0600. The lowest BCUT2D eigenvalue weighted by Gasteiger charge is -2.05. The summed E-state index contributed by atoms with van der Waals surface area (Å²) >= 11 is 0. The molecule has 0 bridgehead atoms. The van der Waals surface area contributed by atoms with Gasteiger partial charge in [-0.2, -0.15) is 0 Å². The fraction of sp³-hybridized carbons (Fsp3) is 0.222. The Morgan fingerprint density at radius 3 is 2.56 bits per heavy atom. The molecule has 0 atom stereocenters. The maximum absolute atomic E-state index is 13.2. The molecule has 1 rings (SSSR count). The van der Waals surface area contributed by atoms with E-state index in [4.69, 9.17) is 0 Å². The first-order valence-electron chi connectivity index (χ1n) is 4.24. The second kappa shape index (κ2) is 4.58. The molecule has 0 heterocycles. The van der Waals surface area contributed by atoms with Crippen LogP contribution in [0.25, 0.3) is 0 Å². The first-order valence-corrected chi connectivity index (χ1v) is 5.72. The smallest absolute Gasteiger partial charge is 0.337 e. The fourth-order valence-electron chi connectivity index (χ4n) is 1.06. The number of halogens is 1. The predicted molar refractivity (Wildman–Crippen MR) is 54.0 cm³/mol. The molecule has 1 aromatic rings. The van der Waals surface area contributed by atoms with Crippen molar-refractivity contribution in [3.05, 3.63) is 29.6 Å². The number of carbonyl (C=O) groups excluding carboxylic acids is 1. The highest BCUT2D eigenvalue weighted by molar-refractivity contribution is 7.89. The van der Waals surface area contributed by atoms with E-state index >= 15 is 0 Å². The molecule has 0 spiro atoms. The SMILES string of the molecule is CNS(=O)(=O)c1cc(C(=O)OC)ccc1F. The highest BCUT2D eigenvalue weighted by atomic mass is 32.2. The van der Waals surface area contributed by atoms with Crippen LogP contribution in [0.5, 0.6) is 0 Å². The van der Waals surface area contributed by atoms with Crippen molar-refractivity contribution in [2.45, 2.75) is 4.90 Å². The summed E-state index contributed by atoms with van der Waals surface area (Å²) in [6, 6.07) is 2.97. The molecule has 0 fully saturated rings. The highest BCUT2D eigenvalue weighted by Crippen LogP contribution is 2.16. The van der Waals surface area contributed by atoms with Gasteiger partial charge in [0.2, 0.25) is 10.0 Å². The maximum atomic E-state index is 13.2. The van der Waals surface area contributed by atoms with E-state index in [-0.39, 0.29) is 5.56 Å². The number of ether oxygens (including phenoxy) is 1. The van der Waals surface area contributed by atoms with Crippen molar-refractivity contribution in [1.29, 1.82) is 0 Å². The van der Waals surface area contributed by atoms with E-state index in [0.717, 1.165) is 32.4 Å². The Kier molecular flexibility index (Phi) is 3.61. The van der Waals surface area contributed by atoms with Crippen molar-refractivity contribution >= 4 is 16.0 Å². The summed E-state index contributed by atoms with van der Waals surface area (Å²) in [5.41, 5.74) is -0.0299. The van der Waals surface area contributed by atoms with Gasteiger partial charge in [0.1, 0.15) is 10.7 Å². The number of rotatable bonds is 3. The standard InChI is InChI=1S/C9H10FNO4S/c1-11-16(13,14)8-5-6(9(12)15-2)3-4-7(8)10/h3-5,11H,1-2H3. The van der Waals surface area contributed by atoms with Crippen LogP contribution < -0.4 is 4.72 Å². The molecule has 0 amide bonds. The van der Waals surface area contributed by atoms with E-state index in [0.29, 0.717) is 0 Å². The van der Waals surface area contributed by atoms with Gasteiger partial charge >= 0.3 is 5.97 Å². The lowest BCUT2D eigenvalue weighted by atomic mass is 10.2. The van der Waals surface area contributed by atoms with E-state index in [2.05, 4.69) is 4.74 Å². The minimum atomic E-state index is -3.93. The molecule has 0 saturated carbocycles. The Morgan fingerprint density at radius 2 is 2.06 bits per heavy atom. The van der Waals surface area contributed by atoms with Crippen molar-refractivity contribution in [3.63, 3.8) is 0 Å². The Bertz CT molecular complexity index is 512. The third-order valence-electron chi connectivity index (χ3n) is 1.91. The molecule has 16 heavy (non-hydrogen) atoms. The minimum absolute atomic E-state index is 0.0299. The largest absolute Gasteiger partial charge is 0.465 e. The van der Waals surface area contributed by atoms with Crippen LogP contribution in [0, 0.1) is 5.82 Å². The summed E-state index contributed by atoms with van der Waals surface area (Å²) in [6.07, 6.45) is 0. The molecular formula is C9H10FNO4S. The zero-order valence-corrected chi connectivity index (χ0v) is 9.47. The van der Waals surface area contributed by atoms with Crippen molar-refractivity contribution in [1.82, 2.24) is 4.72 Å². The van der Waals surface area contributed by atoms with E-state index in [1.54, 1.807) is 0 Å². The molecule has 7 heteroatoms. The summed E-state index contributed by atoms with van der Waals surface area (Å²) in [5, 5.41) is 0. The molecule has 0 aromatic heterocycles. The van der Waals surface area contributed by atoms with Crippen LogP contribution in [0.2, 0.25) is 0 Å². The average molecular weight is 247 g/mol. The molecule has 5 nitrogen and oxygen atoms in total. The molecule has 88 valence electrons. The Labute approximate surface area is 92.3 Å². The van der Waals surface area contributed by atoms with Crippen LogP contribution in [0.3, 0.4) is 0 Å². The third kappa shape index (κ3) is 2.37. The van der Waals surface area contributed by atoms with Gasteiger partial charge in [-0.25, -0.2) is 22.3 Å². The van der Waals surface area contributed by atoms with Crippen LogP contribution in [-0.4, -0.2) is 28.5 Å². The fourth-order valence-corrected chi connectivity index (χ4v) is 1.89. The van der Waals surface area contributed by atoms with E-state index in [9.17, 15) is 17.6 Å². The van der Waals surface area contributed by atoms with E-state index < -0.39 is 26.7 Å². The quantitative estimate of drug-likeness (QED) is 0.790. The van der Waals surface area contributed by atoms with Gasteiger partial charge in [0, 0.05) is 0 Å². The summed E-state index contributed by atoms with van der Waals surface area (Å²) in [4.78, 5) is 10.5. The predicted octanol–water partition coefficient (Wildman–Crippen LogP) is 0.520. The van der Waals surface area contributed by atoms with Crippen LogP contribution in [0.15, 0.2) is 23.1 Å². The normalized spacial score (nSPS) is 11.2. The maximum Gasteiger partial charge on any atom is 0.337 e. The van der Waals surface area contributed by atoms with Crippen LogP contribution in [0.1, 0.15) is 10.4 Å². The van der Waals surface area contributed by atoms with Gasteiger partial charge in [-0.15, -0.1) is 0 Å². The molecule has 0 aliphatic rings. The third-order valence-corrected chi connectivity index (χ3v) is 3.34. The van der Waals surface area contributed by atoms with Crippen molar-refractivity contribution < 1.29 is 22.3 Å². The van der Waals surface area contributed by atoms with Crippen LogP contribution in [-0.2, 0) is 14.8 Å². The molecule has 1 N–H and O–H groups in total. The Morgan fingerprint density at radius 1 is 1.44 bits per heavy atom. The number of esters is 1. The topological polar surface area (TPSA) is 72.5 Å². The van der Waals surface area contributed by atoms with Gasteiger partial charge in [-0.1, -0.05) is 0 Å². The summed E-state index contributed by atoms with van der Waals surface area (Å²) < 4.78 is 42.4. The molecule has 0 saturated heterocycles. The Hall–Kier alpha value is -1.47. The highest BCUT2D eigenvalue weighted by Gasteiger charge is 2.19. The molecule has 1 aromatic carbocycles. The van der Waals surface area contributed by atoms with Gasteiger partial charge in [0.05, 0.1) is 12.7 Å². The van der Waals surface area contributed by atoms with Crippen molar-refractivity contribution in [3.8, 4) is 0 Å². The van der Waals surface area contributed by atoms with Gasteiger partial charge in [-0.3, -0.25) is 0 Å². The lowest BCUT2D eigenvalue weighted by Crippen LogP contribution is -2.20. The second-order valence-electron chi connectivity index (χ2n) is 2.84. The van der Waals surface area contributed by atoms with Gasteiger partial charge in [0.15, 0.2) is 0 Å². The van der Waals surface area contributed by atoms with Crippen LogP contribution in [0.4, 0.5) is 4.39 Å². The van der Waals surface area contributed by atoms with Gasteiger partial charge in [-0.05, 0) is 25.2 Å². The number of hydrogen-bond donors (Lipinski definition) is 1. The molecular weight excluding hydrogens is 237 g/mol. The number of methoxy groups -OCH3 is 1. The minimum Gasteiger partial charge on any atom is -0.465 e. The number of carbonyl (C=O) groups is 1. The van der Waals surface area contributed by atoms with Gasteiger partial charge < -0.3 is 4.74 Å². The number of sulfonamides is 1. The van der Waals surface area contributed by atoms with Crippen molar-refractivity contribution in [2.24, 2.45) is 0 Å². The van der Waals surface area contributed by atoms with E-state index in [1.165, 1.54) is 0 Å². The molecule has 0 unspecified atom stereocenters. The monoisotopic (exact) mass is 247 g/mol. The Balaban J connectivity index is 3.36. The first kappa shape index (κ1) is 12.6. The molecule has 0 radical (unpaired) electrons. The molecule has 0 aliphatic carbocycles. The molecule has 0 aliphatic heterocycles.